The van der Waals surface area contributed by atoms with Crippen molar-refractivity contribution >= 4 is 33.5 Å². The number of aromatic nitrogens is 3. The van der Waals surface area contributed by atoms with Crippen LogP contribution in [0.3, 0.4) is 0 Å². The normalized spacial score (nSPS) is 11.0. The fourth-order valence-corrected chi connectivity index (χ4v) is 4.11. The number of fused-ring (bicyclic) bond motifs is 2. The SMILES string of the molecule is Cc1c(C#N)cccc1-c1nc2[nH]ccc(=O)c2cc1-c1cc(Cl)c2ncccc2c1. The second-order valence-electron chi connectivity index (χ2n) is 7.25. The molecule has 0 aliphatic carbocycles. The molecule has 3 aromatic heterocycles. The van der Waals surface area contributed by atoms with Crippen LogP contribution in [0.4, 0.5) is 0 Å². The molecule has 0 aliphatic rings. The van der Waals surface area contributed by atoms with Gasteiger partial charge in [-0.1, -0.05) is 29.8 Å². The van der Waals surface area contributed by atoms with Crippen molar-refractivity contribution in [2.45, 2.75) is 6.92 Å². The Balaban J connectivity index is 1.90. The van der Waals surface area contributed by atoms with Crippen LogP contribution >= 0.6 is 11.6 Å². The smallest absolute Gasteiger partial charge is 0.191 e. The highest BCUT2D eigenvalue weighted by Crippen LogP contribution is 2.37. The third-order valence-corrected chi connectivity index (χ3v) is 5.71. The number of hydrogen-bond acceptors (Lipinski definition) is 4. The third kappa shape index (κ3) is 3.14. The number of nitrogens with one attached hydrogen (secondary N) is 1. The van der Waals surface area contributed by atoms with Gasteiger partial charge in [0, 0.05) is 35.0 Å². The zero-order valence-corrected chi connectivity index (χ0v) is 17.2. The number of H-pyrrole nitrogens is 1. The highest BCUT2D eigenvalue weighted by Gasteiger charge is 2.17. The molecule has 0 amide bonds. The summed E-state index contributed by atoms with van der Waals surface area (Å²) in [6.07, 6.45) is 3.28. The second-order valence-corrected chi connectivity index (χ2v) is 7.65. The van der Waals surface area contributed by atoms with Gasteiger partial charge in [-0.2, -0.15) is 5.26 Å². The molecule has 5 nitrogen and oxygen atoms in total. The fourth-order valence-electron chi connectivity index (χ4n) is 3.84. The van der Waals surface area contributed by atoms with Gasteiger partial charge in [0.2, 0.25) is 0 Å². The summed E-state index contributed by atoms with van der Waals surface area (Å²) in [6, 6.07) is 18.7. The number of nitriles is 1. The maximum Gasteiger partial charge on any atom is 0.191 e. The molecular weight excluding hydrogens is 408 g/mol. The Morgan fingerprint density at radius 2 is 1.94 bits per heavy atom. The van der Waals surface area contributed by atoms with Gasteiger partial charge < -0.3 is 4.98 Å². The Labute approximate surface area is 182 Å². The second kappa shape index (κ2) is 7.35. The van der Waals surface area contributed by atoms with E-state index in [2.05, 4.69) is 16.0 Å². The van der Waals surface area contributed by atoms with Crippen LogP contribution in [-0.2, 0) is 0 Å². The first kappa shape index (κ1) is 19.0. The molecule has 0 radical (unpaired) electrons. The predicted molar refractivity (Wildman–Crippen MR) is 123 cm³/mol. The van der Waals surface area contributed by atoms with Gasteiger partial charge in [0.25, 0.3) is 0 Å². The van der Waals surface area contributed by atoms with Gasteiger partial charge in [0.1, 0.15) is 5.65 Å². The number of hydrogen-bond donors (Lipinski definition) is 1. The Bertz CT molecular complexity index is 1600. The fraction of sp³-hybridized carbons (Fsp3) is 0.0400. The maximum atomic E-state index is 12.5. The van der Waals surface area contributed by atoms with Crippen molar-refractivity contribution in [1.29, 1.82) is 5.26 Å². The number of pyridine rings is 3. The molecule has 1 N–H and O–H groups in total. The predicted octanol–water partition coefficient (Wildman–Crippen LogP) is 5.64. The number of halogens is 1. The van der Waals surface area contributed by atoms with Crippen LogP contribution in [0.25, 0.3) is 44.3 Å². The van der Waals surface area contributed by atoms with Crippen LogP contribution in [0.1, 0.15) is 11.1 Å². The summed E-state index contributed by atoms with van der Waals surface area (Å²) in [4.78, 5) is 24.7. The molecule has 6 heteroatoms. The molecule has 5 aromatic rings. The summed E-state index contributed by atoms with van der Waals surface area (Å²) in [5.74, 6) is 0. The average Bonchev–Trinajstić information content (AvgIpc) is 2.79. The van der Waals surface area contributed by atoms with Gasteiger partial charge in [0.05, 0.1) is 33.3 Å². The molecule has 0 saturated heterocycles. The van der Waals surface area contributed by atoms with Gasteiger partial charge >= 0.3 is 0 Å². The van der Waals surface area contributed by atoms with E-state index in [1.54, 1.807) is 18.5 Å². The molecule has 0 atom stereocenters. The van der Waals surface area contributed by atoms with Crippen LogP contribution in [0.5, 0.6) is 0 Å². The van der Waals surface area contributed by atoms with Crippen molar-refractivity contribution in [2.75, 3.05) is 0 Å². The average molecular weight is 423 g/mol. The molecule has 3 heterocycles. The van der Waals surface area contributed by atoms with Gasteiger partial charge in [-0.25, -0.2) is 4.98 Å². The van der Waals surface area contributed by atoms with E-state index in [0.29, 0.717) is 32.8 Å². The van der Waals surface area contributed by atoms with Crippen LogP contribution < -0.4 is 5.43 Å². The number of nitrogens with zero attached hydrogens (tertiary/aromatic N) is 3. The van der Waals surface area contributed by atoms with Crippen LogP contribution in [0.2, 0.25) is 5.02 Å². The number of rotatable bonds is 2. The maximum absolute atomic E-state index is 12.5. The van der Waals surface area contributed by atoms with Crippen molar-refractivity contribution in [1.82, 2.24) is 15.0 Å². The van der Waals surface area contributed by atoms with Gasteiger partial charge in [-0.05, 0) is 48.4 Å². The van der Waals surface area contributed by atoms with Gasteiger partial charge in [-0.3, -0.25) is 9.78 Å². The Morgan fingerprint density at radius 3 is 2.77 bits per heavy atom. The molecule has 0 fully saturated rings. The van der Waals surface area contributed by atoms with E-state index in [0.717, 1.165) is 27.6 Å². The molecule has 0 aliphatic heterocycles. The van der Waals surface area contributed by atoms with Crippen LogP contribution in [0.15, 0.2) is 71.8 Å². The van der Waals surface area contributed by atoms with E-state index in [9.17, 15) is 10.1 Å². The van der Waals surface area contributed by atoms with Crippen molar-refractivity contribution in [3.63, 3.8) is 0 Å². The van der Waals surface area contributed by atoms with E-state index < -0.39 is 0 Å². The Morgan fingerprint density at radius 1 is 1.06 bits per heavy atom. The molecule has 31 heavy (non-hydrogen) atoms. The lowest BCUT2D eigenvalue weighted by Gasteiger charge is -2.14. The first-order valence-electron chi connectivity index (χ1n) is 9.64. The minimum absolute atomic E-state index is 0.120. The minimum atomic E-state index is -0.120. The van der Waals surface area contributed by atoms with E-state index in [4.69, 9.17) is 16.6 Å². The van der Waals surface area contributed by atoms with Crippen LogP contribution in [0, 0.1) is 18.3 Å². The van der Waals surface area contributed by atoms with Crippen molar-refractivity contribution < 1.29 is 0 Å². The lowest BCUT2D eigenvalue weighted by molar-refractivity contribution is 1.26. The lowest BCUT2D eigenvalue weighted by atomic mass is 9.93. The molecule has 148 valence electrons. The standard InChI is InChI=1S/C25H15ClN4O/c1-14-16(13-27)4-2-6-18(14)24-19(12-20-22(31)7-9-29-25(20)30-24)17-10-15-5-3-8-28-23(15)21(26)11-17/h2-12H,1H3,(H,29,30,31). The Kier molecular flexibility index (Phi) is 4.50. The first-order valence-corrected chi connectivity index (χ1v) is 10.0. The van der Waals surface area contributed by atoms with Crippen molar-refractivity contribution in [3.8, 4) is 28.5 Å². The molecule has 5 rings (SSSR count). The summed E-state index contributed by atoms with van der Waals surface area (Å²) in [5, 5.41) is 11.4. The lowest BCUT2D eigenvalue weighted by Crippen LogP contribution is -2.04. The van der Waals surface area contributed by atoms with Crippen molar-refractivity contribution in [2.24, 2.45) is 0 Å². The summed E-state index contributed by atoms with van der Waals surface area (Å²) < 4.78 is 0. The minimum Gasteiger partial charge on any atom is -0.346 e. The summed E-state index contributed by atoms with van der Waals surface area (Å²) in [7, 11) is 0. The summed E-state index contributed by atoms with van der Waals surface area (Å²) in [5.41, 5.74) is 5.55. The summed E-state index contributed by atoms with van der Waals surface area (Å²) >= 11 is 6.55. The molecule has 0 unspecified atom stereocenters. The number of aromatic amines is 1. The van der Waals surface area contributed by atoms with Gasteiger partial charge in [-0.15, -0.1) is 0 Å². The monoisotopic (exact) mass is 422 g/mol. The molecule has 0 spiro atoms. The van der Waals surface area contributed by atoms with Crippen LogP contribution in [-0.4, -0.2) is 15.0 Å². The van der Waals surface area contributed by atoms with Gasteiger partial charge in [0.15, 0.2) is 5.43 Å². The summed E-state index contributed by atoms with van der Waals surface area (Å²) in [6.45, 7) is 1.90. The van der Waals surface area contributed by atoms with Crippen molar-refractivity contribution in [3.05, 3.63) is 93.4 Å². The highest BCUT2D eigenvalue weighted by molar-refractivity contribution is 6.35. The molecule has 2 aromatic carbocycles. The van der Waals surface area contributed by atoms with E-state index in [1.807, 2.05) is 49.4 Å². The third-order valence-electron chi connectivity index (χ3n) is 5.42. The number of benzene rings is 2. The molecule has 0 bridgehead atoms. The molecular formula is C25H15ClN4O. The zero-order valence-electron chi connectivity index (χ0n) is 16.5. The first-order chi connectivity index (χ1) is 15.1. The zero-order chi connectivity index (χ0) is 21.5. The quantitative estimate of drug-likeness (QED) is 0.399. The van der Waals surface area contributed by atoms with E-state index in [1.165, 1.54) is 6.07 Å². The highest BCUT2D eigenvalue weighted by atomic mass is 35.5. The van der Waals surface area contributed by atoms with E-state index >= 15 is 0 Å². The topological polar surface area (TPSA) is 82.4 Å². The largest absolute Gasteiger partial charge is 0.346 e. The molecule has 0 saturated carbocycles. The Hall–Kier alpha value is -4.01. The van der Waals surface area contributed by atoms with E-state index in [-0.39, 0.29) is 5.43 Å².